The zero-order valence-electron chi connectivity index (χ0n) is 9.71. The number of imidazole rings is 1. The molecule has 0 saturated heterocycles. The van der Waals surface area contributed by atoms with Crippen LogP contribution >= 0.6 is 15.9 Å². The lowest BCUT2D eigenvalue weighted by molar-refractivity contribution is 0.0718. The topological polar surface area (TPSA) is 44.1 Å². The third kappa shape index (κ3) is 1.75. The molecule has 0 spiro atoms. The molecular weight excluding hydrogens is 296 g/mol. The molecule has 0 saturated carbocycles. The number of rotatable bonds is 1. The maximum atomic E-state index is 12.5. The molecule has 4 nitrogen and oxygen atoms in total. The average Bonchev–Trinajstić information content (AvgIpc) is 2.84. The van der Waals surface area contributed by atoms with Gasteiger partial charge in [0.1, 0.15) is 17.9 Å². The Labute approximate surface area is 113 Å². The van der Waals surface area contributed by atoms with Crippen LogP contribution in [0.25, 0.3) is 0 Å². The van der Waals surface area contributed by atoms with E-state index in [1.807, 2.05) is 19.1 Å². The van der Waals surface area contributed by atoms with Crippen molar-refractivity contribution in [2.45, 2.75) is 19.1 Å². The molecule has 2 atom stereocenters. The third-order valence-electron chi connectivity index (χ3n) is 3.08. The number of ketones is 1. The maximum Gasteiger partial charge on any atom is 0.193 e. The van der Waals surface area contributed by atoms with Crippen LogP contribution in [0.15, 0.2) is 41.4 Å². The van der Waals surface area contributed by atoms with Crippen LogP contribution in [-0.4, -0.2) is 21.4 Å². The molecule has 2 aromatic rings. The Hall–Kier alpha value is -1.62. The highest BCUT2D eigenvalue weighted by Gasteiger charge is 2.35. The van der Waals surface area contributed by atoms with Gasteiger partial charge in [-0.25, -0.2) is 4.98 Å². The molecule has 92 valence electrons. The zero-order valence-corrected chi connectivity index (χ0v) is 11.3. The van der Waals surface area contributed by atoms with Crippen molar-refractivity contribution in [1.29, 1.82) is 0 Å². The van der Waals surface area contributed by atoms with Crippen LogP contribution < -0.4 is 4.74 Å². The Morgan fingerprint density at radius 3 is 3.00 bits per heavy atom. The summed E-state index contributed by atoms with van der Waals surface area (Å²) in [5.41, 5.74) is 0.612. The van der Waals surface area contributed by atoms with Gasteiger partial charge in [0.2, 0.25) is 0 Å². The van der Waals surface area contributed by atoms with Crippen molar-refractivity contribution in [2.24, 2.45) is 0 Å². The highest BCUT2D eigenvalue weighted by atomic mass is 79.9. The van der Waals surface area contributed by atoms with E-state index in [0.29, 0.717) is 11.3 Å². The molecule has 1 aliphatic heterocycles. The summed E-state index contributed by atoms with van der Waals surface area (Å²) < 4.78 is 8.46. The molecular formula is C13H11BrN2O2. The van der Waals surface area contributed by atoms with Crippen LogP contribution in [0.3, 0.4) is 0 Å². The van der Waals surface area contributed by atoms with Crippen molar-refractivity contribution in [3.05, 3.63) is 47.0 Å². The van der Waals surface area contributed by atoms with Crippen LogP contribution in [0.5, 0.6) is 5.75 Å². The fourth-order valence-corrected chi connectivity index (χ4v) is 2.61. The van der Waals surface area contributed by atoms with E-state index in [4.69, 9.17) is 4.74 Å². The molecule has 5 heteroatoms. The van der Waals surface area contributed by atoms with Crippen molar-refractivity contribution < 1.29 is 9.53 Å². The molecule has 3 rings (SSSR count). The lowest BCUT2D eigenvalue weighted by atomic mass is 9.96. The monoisotopic (exact) mass is 306 g/mol. The minimum Gasteiger partial charge on any atom is -0.487 e. The summed E-state index contributed by atoms with van der Waals surface area (Å²) in [6.45, 7) is 1.90. The fraction of sp³-hybridized carbons (Fsp3) is 0.231. The number of carbonyl (C=O) groups excluding carboxylic acids is 1. The van der Waals surface area contributed by atoms with E-state index in [-0.39, 0.29) is 17.9 Å². The van der Waals surface area contributed by atoms with Gasteiger partial charge in [0.25, 0.3) is 0 Å². The van der Waals surface area contributed by atoms with Crippen molar-refractivity contribution in [1.82, 2.24) is 9.55 Å². The Kier molecular flexibility index (Phi) is 2.70. The predicted octanol–water partition coefficient (Wildman–Crippen LogP) is 2.85. The van der Waals surface area contributed by atoms with Gasteiger partial charge in [0.15, 0.2) is 5.78 Å². The first-order chi connectivity index (χ1) is 8.66. The number of ether oxygens (including phenoxy) is 1. The van der Waals surface area contributed by atoms with Crippen molar-refractivity contribution in [2.75, 3.05) is 0 Å². The molecule has 1 aliphatic rings. The molecule has 0 radical (unpaired) electrons. The summed E-state index contributed by atoms with van der Waals surface area (Å²) in [4.78, 5) is 16.5. The van der Waals surface area contributed by atoms with Crippen molar-refractivity contribution in [3.8, 4) is 5.75 Å². The molecule has 2 heterocycles. The van der Waals surface area contributed by atoms with E-state index in [1.54, 1.807) is 29.4 Å². The number of hydrogen-bond donors (Lipinski definition) is 0. The number of benzene rings is 1. The Morgan fingerprint density at radius 1 is 1.44 bits per heavy atom. The van der Waals surface area contributed by atoms with Gasteiger partial charge in [0.05, 0.1) is 11.9 Å². The smallest absolute Gasteiger partial charge is 0.193 e. The van der Waals surface area contributed by atoms with E-state index in [2.05, 4.69) is 20.9 Å². The number of fused-ring (bicyclic) bond motifs is 1. The zero-order chi connectivity index (χ0) is 12.7. The van der Waals surface area contributed by atoms with E-state index in [9.17, 15) is 4.79 Å². The minimum absolute atomic E-state index is 0.0584. The van der Waals surface area contributed by atoms with E-state index in [0.717, 1.165) is 4.47 Å². The Bertz CT molecular complexity index is 595. The summed E-state index contributed by atoms with van der Waals surface area (Å²) in [6.07, 6.45) is 4.88. The Morgan fingerprint density at radius 2 is 2.28 bits per heavy atom. The highest BCUT2D eigenvalue weighted by Crippen LogP contribution is 2.34. The van der Waals surface area contributed by atoms with Crippen LogP contribution in [0.1, 0.15) is 23.3 Å². The van der Waals surface area contributed by atoms with Gasteiger partial charge in [-0.1, -0.05) is 15.9 Å². The van der Waals surface area contributed by atoms with E-state index < -0.39 is 0 Å². The minimum atomic E-state index is -0.353. The summed E-state index contributed by atoms with van der Waals surface area (Å²) in [6, 6.07) is 5.14. The normalized spacial score (nSPS) is 22.4. The average molecular weight is 307 g/mol. The van der Waals surface area contributed by atoms with E-state index in [1.165, 1.54) is 0 Å². The second-order valence-electron chi connectivity index (χ2n) is 4.28. The SMILES string of the molecule is CC1Oc2ccc(Br)cc2C(=O)C1n1ccnc1. The number of nitrogens with zero attached hydrogens (tertiary/aromatic N) is 2. The first kappa shape index (κ1) is 11.5. The molecule has 0 bridgehead atoms. The third-order valence-corrected chi connectivity index (χ3v) is 3.57. The van der Waals surface area contributed by atoms with Gasteiger partial charge in [-0.3, -0.25) is 4.79 Å². The van der Waals surface area contributed by atoms with Crippen molar-refractivity contribution in [3.63, 3.8) is 0 Å². The molecule has 1 aromatic carbocycles. The lowest BCUT2D eigenvalue weighted by Gasteiger charge is -2.30. The number of hydrogen-bond acceptors (Lipinski definition) is 3. The summed E-state index contributed by atoms with van der Waals surface area (Å²) in [5.74, 6) is 0.704. The number of aromatic nitrogens is 2. The molecule has 2 unspecified atom stereocenters. The van der Waals surface area contributed by atoms with Gasteiger partial charge < -0.3 is 9.30 Å². The van der Waals surface area contributed by atoms with Gasteiger partial charge >= 0.3 is 0 Å². The first-order valence-corrected chi connectivity index (χ1v) is 6.44. The molecule has 0 fully saturated rings. The summed E-state index contributed by atoms with van der Waals surface area (Å²) in [5, 5.41) is 0. The second kappa shape index (κ2) is 4.24. The lowest BCUT2D eigenvalue weighted by Crippen LogP contribution is -2.37. The first-order valence-electron chi connectivity index (χ1n) is 5.64. The second-order valence-corrected chi connectivity index (χ2v) is 5.20. The van der Waals surface area contributed by atoms with Crippen LogP contribution in [0.2, 0.25) is 0 Å². The van der Waals surface area contributed by atoms with Gasteiger partial charge in [-0.15, -0.1) is 0 Å². The van der Waals surface area contributed by atoms with Gasteiger partial charge in [-0.2, -0.15) is 0 Å². The van der Waals surface area contributed by atoms with Crippen LogP contribution in [0.4, 0.5) is 0 Å². The molecule has 0 N–H and O–H groups in total. The quantitative estimate of drug-likeness (QED) is 0.814. The number of carbonyl (C=O) groups is 1. The summed E-state index contributed by atoms with van der Waals surface area (Å²) in [7, 11) is 0. The largest absolute Gasteiger partial charge is 0.487 e. The number of Topliss-reactive ketones (excluding diaryl/α,β-unsaturated/α-hetero) is 1. The van der Waals surface area contributed by atoms with Crippen LogP contribution in [0, 0.1) is 0 Å². The predicted molar refractivity (Wildman–Crippen MR) is 69.8 cm³/mol. The van der Waals surface area contributed by atoms with Crippen LogP contribution in [-0.2, 0) is 0 Å². The van der Waals surface area contributed by atoms with Gasteiger partial charge in [-0.05, 0) is 25.1 Å². The molecule has 1 aromatic heterocycles. The van der Waals surface area contributed by atoms with Gasteiger partial charge in [0, 0.05) is 16.9 Å². The molecule has 18 heavy (non-hydrogen) atoms. The maximum absolute atomic E-state index is 12.5. The van der Waals surface area contributed by atoms with E-state index >= 15 is 0 Å². The summed E-state index contributed by atoms with van der Waals surface area (Å²) >= 11 is 3.37. The molecule has 0 aliphatic carbocycles. The Balaban J connectivity index is 2.08. The standard InChI is InChI=1S/C13H11BrN2O2/c1-8-12(16-5-4-15-7-16)13(17)10-6-9(14)2-3-11(10)18-8/h2-8,12H,1H3. The highest BCUT2D eigenvalue weighted by molar-refractivity contribution is 9.10. The fourth-order valence-electron chi connectivity index (χ4n) is 2.25. The molecule has 0 amide bonds. The number of halogens is 1. The van der Waals surface area contributed by atoms with Crippen molar-refractivity contribution >= 4 is 21.7 Å².